The normalized spacial score (nSPS) is 11.5. The molecule has 8 nitrogen and oxygen atoms in total. The first-order valence-corrected chi connectivity index (χ1v) is 8.76. The molecule has 2 aromatic heterocycles. The number of benzene rings is 1. The number of pyridine rings is 1. The van der Waals surface area contributed by atoms with E-state index in [2.05, 4.69) is 20.6 Å². The number of nitrogens with zero attached hydrogens (tertiary/aromatic N) is 3. The van der Waals surface area contributed by atoms with Crippen LogP contribution in [-0.4, -0.2) is 34.8 Å². The van der Waals surface area contributed by atoms with Crippen LogP contribution < -0.4 is 20.1 Å². The summed E-state index contributed by atoms with van der Waals surface area (Å²) in [6.07, 6.45) is 5.16. The predicted molar refractivity (Wildman–Crippen MR) is 104 cm³/mol. The van der Waals surface area contributed by atoms with E-state index >= 15 is 0 Å². The Bertz CT molecular complexity index is 941. The van der Waals surface area contributed by atoms with E-state index in [9.17, 15) is 4.79 Å². The first-order chi connectivity index (χ1) is 13.6. The maximum absolute atomic E-state index is 12.6. The van der Waals surface area contributed by atoms with Crippen LogP contribution in [0.15, 0.2) is 55.0 Å². The molecule has 1 atom stereocenters. The van der Waals surface area contributed by atoms with E-state index in [1.165, 1.54) is 0 Å². The van der Waals surface area contributed by atoms with Gasteiger partial charge < -0.3 is 24.7 Å². The molecule has 0 saturated carbocycles. The van der Waals surface area contributed by atoms with Crippen molar-refractivity contribution in [1.82, 2.24) is 25.2 Å². The second kappa shape index (κ2) is 8.90. The summed E-state index contributed by atoms with van der Waals surface area (Å²) < 4.78 is 12.6. The molecule has 146 valence electrons. The highest BCUT2D eigenvalue weighted by Crippen LogP contribution is 2.28. The molecule has 0 fully saturated rings. The summed E-state index contributed by atoms with van der Waals surface area (Å²) in [5.41, 5.74) is 1.60. The van der Waals surface area contributed by atoms with Crippen molar-refractivity contribution in [3.05, 3.63) is 71.9 Å². The number of hydrogen-bond acceptors (Lipinski definition) is 5. The molecule has 2 heterocycles. The van der Waals surface area contributed by atoms with E-state index in [-0.39, 0.29) is 12.6 Å². The van der Waals surface area contributed by atoms with Crippen LogP contribution in [0.2, 0.25) is 0 Å². The molecule has 0 aliphatic heterocycles. The van der Waals surface area contributed by atoms with Crippen molar-refractivity contribution in [1.29, 1.82) is 0 Å². The molecular formula is C20H23N5O3. The van der Waals surface area contributed by atoms with Crippen LogP contribution in [0.3, 0.4) is 0 Å². The lowest BCUT2D eigenvalue weighted by Crippen LogP contribution is -2.39. The molecule has 0 spiro atoms. The zero-order valence-corrected chi connectivity index (χ0v) is 16.0. The monoisotopic (exact) mass is 381 g/mol. The van der Waals surface area contributed by atoms with Crippen LogP contribution in [0, 0.1) is 0 Å². The number of amides is 2. The third kappa shape index (κ3) is 4.22. The van der Waals surface area contributed by atoms with Crippen molar-refractivity contribution in [2.45, 2.75) is 12.6 Å². The number of hydrogen-bond donors (Lipinski definition) is 2. The average Bonchev–Trinajstić information content (AvgIpc) is 3.16. The molecule has 3 rings (SSSR count). The van der Waals surface area contributed by atoms with Gasteiger partial charge in [0.15, 0.2) is 0 Å². The first-order valence-electron chi connectivity index (χ1n) is 8.76. The van der Waals surface area contributed by atoms with Crippen molar-refractivity contribution < 1.29 is 14.3 Å². The molecule has 8 heteroatoms. The number of para-hydroxylation sites is 1. The van der Waals surface area contributed by atoms with Crippen LogP contribution in [0.5, 0.6) is 11.6 Å². The van der Waals surface area contributed by atoms with Crippen LogP contribution in [0.1, 0.15) is 23.0 Å². The van der Waals surface area contributed by atoms with Gasteiger partial charge in [-0.2, -0.15) is 0 Å². The smallest absolute Gasteiger partial charge is 0.315 e. The van der Waals surface area contributed by atoms with Gasteiger partial charge in [-0.3, -0.25) is 0 Å². The largest absolute Gasteiger partial charge is 0.496 e. The maximum Gasteiger partial charge on any atom is 0.315 e. The Labute approximate surface area is 163 Å². The summed E-state index contributed by atoms with van der Waals surface area (Å²) in [7, 11) is 5.03. The fraction of sp³-hybridized carbons (Fsp3) is 0.250. The fourth-order valence-electron chi connectivity index (χ4n) is 2.94. The summed E-state index contributed by atoms with van der Waals surface area (Å²) in [6.45, 7) is 0.280. The summed E-state index contributed by atoms with van der Waals surface area (Å²) in [6, 6.07) is 10.4. The predicted octanol–water partition coefficient (Wildman–Crippen LogP) is 2.42. The lowest BCUT2D eigenvalue weighted by atomic mass is 10.0. The topological polar surface area (TPSA) is 90.3 Å². The number of rotatable bonds is 7. The molecule has 2 N–H and O–H groups in total. The number of imidazole rings is 1. The molecule has 28 heavy (non-hydrogen) atoms. The molecule has 0 radical (unpaired) electrons. The first kappa shape index (κ1) is 19.2. The standard InChI is InChI=1S/C20H23N5O3/c1-25-12-11-21-18(25)17(15-8-4-5-9-16(15)27-2)24-20(26)23-13-14-7-6-10-22-19(14)28-3/h4-12,17H,13H2,1-3H3,(H2,23,24,26)/t17-/m1/s1. The minimum Gasteiger partial charge on any atom is -0.496 e. The fourth-order valence-corrected chi connectivity index (χ4v) is 2.94. The van der Waals surface area contributed by atoms with Gasteiger partial charge in [0.25, 0.3) is 0 Å². The van der Waals surface area contributed by atoms with Crippen molar-refractivity contribution in [2.75, 3.05) is 14.2 Å². The van der Waals surface area contributed by atoms with Crippen LogP contribution >= 0.6 is 0 Å². The Morgan fingerprint density at radius 3 is 2.64 bits per heavy atom. The van der Waals surface area contributed by atoms with Crippen molar-refractivity contribution in [3.8, 4) is 11.6 Å². The van der Waals surface area contributed by atoms with Crippen LogP contribution in [0.4, 0.5) is 4.79 Å². The van der Waals surface area contributed by atoms with Crippen molar-refractivity contribution in [3.63, 3.8) is 0 Å². The SMILES string of the molecule is COc1ccccc1[C@@H](NC(=O)NCc1cccnc1OC)c1nccn1C. The number of methoxy groups -OCH3 is 2. The van der Waals surface area contributed by atoms with Crippen LogP contribution in [0.25, 0.3) is 0 Å². The summed E-state index contributed by atoms with van der Waals surface area (Å²) in [4.78, 5) is 21.2. The molecule has 0 saturated heterocycles. The summed E-state index contributed by atoms with van der Waals surface area (Å²) in [5.74, 6) is 1.84. The Hall–Kier alpha value is -3.55. The highest BCUT2D eigenvalue weighted by molar-refractivity contribution is 5.75. The zero-order chi connectivity index (χ0) is 19.9. The molecule has 3 aromatic rings. The number of nitrogens with one attached hydrogen (secondary N) is 2. The van der Waals surface area contributed by atoms with Crippen molar-refractivity contribution in [2.24, 2.45) is 7.05 Å². The second-order valence-corrected chi connectivity index (χ2v) is 6.07. The molecule has 0 aliphatic rings. The highest BCUT2D eigenvalue weighted by Gasteiger charge is 2.23. The number of urea groups is 1. The number of aromatic nitrogens is 3. The Kier molecular flexibility index (Phi) is 6.11. The zero-order valence-electron chi connectivity index (χ0n) is 16.0. The lowest BCUT2D eigenvalue weighted by Gasteiger charge is -2.21. The molecule has 1 aromatic carbocycles. The van der Waals surface area contributed by atoms with Gasteiger partial charge in [-0.25, -0.2) is 14.8 Å². The van der Waals surface area contributed by atoms with Crippen molar-refractivity contribution >= 4 is 6.03 Å². The van der Waals surface area contributed by atoms with E-state index in [0.717, 1.165) is 11.1 Å². The second-order valence-electron chi connectivity index (χ2n) is 6.07. The minimum atomic E-state index is -0.480. The maximum atomic E-state index is 12.6. The number of aryl methyl sites for hydroxylation is 1. The molecule has 2 amide bonds. The lowest BCUT2D eigenvalue weighted by molar-refractivity contribution is 0.237. The van der Waals surface area contributed by atoms with E-state index in [4.69, 9.17) is 9.47 Å². The quantitative estimate of drug-likeness (QED) is 0.656. The Balaban J connectivity index is 1.80. The summed E-state index contributed by atoms with van der Waals surface area (Å²) in [5, 5.41) is 5.83. The van der Waals surface area contributed by atoms with E-state index < -0.39 is 6.04 Å². The third-order valence-corrected chi connectivity index (χ3v) is 4.32. The van der Waals surface area contributed by atoms with Gasteiger partial charge in [-0.1, -0.05) is 24.3 Å². The molecule has 0 bridgehead atoms. The number of carbonyl (C=O) groups is 1. The molecule has 0 unspecified atom stereocenters. The highest BCUT2D eigenvalue weighted by atomic mass is 16.5. The van der Waals surface area contributed by atoms with Gasteiger partial charge in [-0.05, 0) is 12.1 Å². The number of carbonyl (C=O) groups excluding carboxylic acids is 1. The Morgan fingerprint density at radius 2 is 1.93 bits per heavy atom. The van der Waals surface area contributed by atoms with Gasteiger partial charge >= 0.3 is 6.03 Å². The van der Waals surface area contributed by atoms with E-state index in [1.807, 2.05) is 48.1 Å². The third-order valence-electron chi connectivity index (χ3n) is 4.32. The van der Waals surface area contributed by atoms with E-state index in [1.54, 1.807) is 32.7 Å². The average molecular weight is 381 g/mol. The van der Waals surface area contributed by atoms with Gasteiger partial charge in [0.05, 0.1) is 14.2 Å². The van der Waals surface area contributed by atoms with Gasteiger partial charge in [-0.15, -0.1) is 0 Å². The van der Waals surface area contributed by atoms with Gasteiger partial charge in [0.1, 0.15) is 17.6 Å². The molecular weight excluding hydrogens is 358 g/mol. The Morgan fingerprint density at radius 1 is 1.11 bits per heavy atom. The van der Waals surface area contributed by atoms with Gasteiger partial charge in [0, 0.05) is 43.3 Å². The van der Waals surface area contributed by atoms with E-state index in [0.29, 0.717) is 17.5 Å². The minimum absolute atomic E-state index is 0.280. The summed E-state index contributed by atoms with van der Waals surface area (Å²) >= 11 is 0. The molecule has 0 aliphatic carbocycles. The number of ether oxygens (including phenoxy) is 2. The van der Waals surface area contributed by atoms with Gasteiger partial charge in [0.2, 0.25) is 5.88 Å². The van der Waals surface area contributed by atoms with Crippen LogP contribution in [-0.2, 0) is 13.6 Å².